The fraction of sp³-hybridized carbons (Fsp3) is 1.00. The fourth-order valence-electron chi connectivity index (χ4n) is 5.39. The lowest BCUT2D eigenvalue weighted by atomic mass is 11.0. The van der Waals surface area contributed by atoms with Gasteiger partial charge in [-0.15, -0.1) is 0 Å². The molecule has 0 aromatic heterocycles. The molecule has 1 aliphatic heterocycles. The van der Waals surface area contributed by atoms with E-state index in [2.05, 4.69) is 78.9 Å². The van der Waals surface area contributed by atoms with Crippen molar-refractivity contribution in [2.24, 2.45) is 0 Å². The molecule has 0 aliphatic carbocycles. The summed E-state index contributed by atoms with van der Waals surface area (Å²) >= 11 is 0. The summed E-state index contributed by atoms with van der Waals surface area (Å²) in [5.74, 6) is 0. The molecular formula is C13H38Si6. The van der Waals surface area contributed by atoms with Gasteiger partial charge in [0.25, 0.3) is 0 Å². The molecule has 114 valence electrons. The van der Waals surface area contributed by atoms with Gasteiger partial charge in [-0.05, 0) is 0 Å². The van der Waals surface area contributed by atoms with Crippen LogP contribution >= 0.6 is 0 Å². The molecule has 19 heavy (non-hydrogen) atoms. The maximum absolute atomic E-state index is 2.89. The summed E-state index contributed by atoms with van der Waals surface area (Å²) in [6, 6.07) is 1.60. The fourth-order valence-corrected chi connectivity index (χ4v) is 252. The number of rotatable bonds is 1. The molecule has 1 aliphatic rings. The molecule has 0 radical (unpaired) electrons. The van der Waals surface area contributed by atoms with Crippen LogP contribution in [0, 0.1) is 0 Å². The second kappa shape index (κ2) is 4.41. The quantitative estimate of drug-likeness (QED) is 0.568. The standard InChI is InChI=1S/C13H38Si6/c1-13-19(12)17(8,9)15(4,5)14(2,3)16(6,7)18(19,10)11/h13H2,1-12H3. The molecule has 1 rings (SSSR count). The van der Waals surface area contributed by atoms with Crippen LogP contribution in [0.15, 0.2) is 0 Å². The third-order valence-corrected chi connectivity index (χ3v) is 165. The molecule has 0 saturated carbocycles. The highest BCUT2D eigenvalue weighted by Gasteiger charge is 2.76. The van der Waals surface area contributed by atoms with Crippen molar-refractivity contribution in [2.75, 3.05) is 0 Å². The van der Waals surface area contributed by atoms with E-state index in [4.69, 9.17) is 0 Å². The maximum Gasteiger partial charge on any atom is 0.0334 e. The van der Waals surface area contributed by atoms with Crippen LogP contribution in [0.25, 0.3) is 0 Å². The van der Waals surface area contributed by atoms with Crippen LogP contribution in [-0.2, 0) is 0 Å². The van der Waals surface area contributed by atoms with Crippen LogP contribution < -0.4 is 0 Å². The molecule has 0 N–H and O–H groups in total. The van der Waals surface area contributed by atoms with E-state index in [9.17, 15) is 0 Å². The van der Waals surface area contributed by atoms with Crippen LogP contribution in [0.5, 0.6) is 0 Å². The van der Waals surface area contributed by atoms with E-state index in [1.54, 1.807) is 6.04 Å². The summed E-state index contributed by atoms with van der Waals surface area (Å²) < 4.78 is 0. The lowest BCUT2D eigenvalue weighted by molar-refractivity contribution is 1.41. The van der Waals surface area contributed by atoms with Crippen molar-refractivity contribution in [1.29, 1.82) is 0 Å². The normalized spacial score (nSPS) is 32.8. The molecule has 0 bridgehead atoms. The van der Waals surface area contributed by atoms with Gasteiger partial charge in [0.2, 0.25) is 0 Å². The summed E-state index contributed by atoms with van der Waals surface area (Å²) in [6.45, 7) is 34.0. The molecule has 1 heterocycles. The van der Waals surface area contributed by atoms with Gasteiger partial charge in [-0.1, -0.05) is 85.0 Å². The second-order valence-electron chi connectivity index (χ2n) is 9.81. The van der Waals surface area contributed by atoms with E-state index >= 15 is 0 Å². The number of hydrogen-bond acceptors (Lipinski definition) is 0. The van der Waals surface area contributed by atoms with Crippen molar-refractivity contribution in [3.05, 3.63) is 0 Å². The summed E-state index contributed by atoms with van der Waals surface area (Å²) in [7, 11) is -5.95. The van der Waals surface area contributed by atoms with Crippen molar-refractivity contribution >= 4 is 42.7 Å². The SMILES string of the molecule is CC[Si]1(C)[Si](C)(C)[Si](C)(C)[Si](C)(C)[Si](C)(C)[Si]1(C)C. The predicted octanol–water partition coefficient (Wildman–Crippen LogP) is 5.11. The maximum atomic E-state index is 2.89. The summed E-state index contributed by atoms with van der Waals surface area (Å²) in [6.07, 6.45) is 0. The van der Waals surface area contributed by atoms with Crippen LogP contribution in [0.2, 0.25) is 78.1 Å². The summed E-state index contributed by atoms with van der Waals surface area (Å²) in [5, 5.41) is 0. The summed E-state index contributed by atoms with van der Waals surface area (Å²) in [4.78, 5) is 0. The van der Waals surface area contributed by atoms with Crippen LogP contribution in [0.4, 0.5) is 0 Å². The Morgan fingerprint density at radius 2 is 0.632 bits per heavy atom. The zero-order valence-corrected chi connectivity index (χ0v) is 21.7. The predicted molar refractivity (Wildman–Crippen MR) is 110 cm³/mol. The van der Waals surface area contributed by atoms with E-state index in [1.807, 2.05) is 0 Å². The molecule has 0 aromatic rings. The third-order valence-electron chi connectivity index (χ3n) is 9.72. The van der Waals surface area contributed by atoms with Crippen molar-refractivity contribution in [1.82, 2.24) is 0 Å². The Labute approximate surface area is 127 Å². The van der Waals surface area contributed by atoms with Gasteiger partial charge in [-0.2, -0.15) is 0 Å². The van der Waals surface area contributed by atoms with Gasteiger partial charge in [0, 0.05) is 42.7 Å². The second-order valence-corrected chi connectivity index (χ2v) is 82.6. The van der Waals surface area contributed by atoms with E-state index < -0.39 is 42.7 Å². The molecular weight excluding hydrogens is 325 g/mol. The van der Waals surface area contributed by atoms with Crippen molar-refractivity contribution < 1.29 is 0 Å². The minimum atomic E-state index is -0.995. The summed E-state index contributed by atoms with van der Waals surface area (Å²) in [5.41, 5.74) is 0. The Morgan fingerprint density at radius 1 is 0.421 bits per heavy atom. The average molecular weight is 363 g/mol. The molecule has 0 spiro atoms. The van der Waals surface area contributed by atoms with Crippen molar-refractivity contribution in [3.8, 4) is 0 Å². The van der Waals surface area contributed by atoms with Gasteiger partial charge in [0.05, 0.1) is 0 Å². The molecule has 6 heteroatoms. The monoisotopic (exact) mass is 362 g/mol. The van der Waals surface area contributed by atoms with Gasteiger partial charge in [-0.3, -0.25) is 0 Å². The van der Waals surface area contributed by atoms with Gasteiger partial charge < -0.3 is 0 Å². The Hall–Kier alpha value is 1.30. The molecule has 1 fully saturated rings. The first kappa shape index (κ1) is 18.4. The topological polar surface area (TPSA) is 0 Å². The van der Waals surface area contributed by atoms with E-state index in [0.29, 0.717) is 0 Å². The zero-order valence-electron chi connectivity index (χ0n) is 15.7. The minimum absolute atomic E-state index is 0.986. The molecule has 0 nitrogen and oxygen atoms in total. The molecule has 0 amide bonds. The Balaban J connectivity index is 3.76. The minimum Gasteiger partial charge on any atom is -0.0735 e. The van der Waals surface area contributed by atoms with Crippen molar-refractivity contribution in [2.45, 2.75) is 85.0 Å². The van der Waals surface area contributed by atoms with Gasteiger partial charge in [-0.25, -0.2) is 0 Å². The van der Waals surface area contributed by atoms with Gasteiger partial charge >= 0.3 is 0 Å². The zero-order chi connectivity index (χ0) is 15.7. The molecule has 1 saturated heterocycles. The first-order valence-corrected chi connectivity index (χ1v) is 31.8. The smallest absolute Gasteiger partial charge is 0.0334 e. The van der Waals surface area contributed by atoms with E-state index in [1.165, 1.54) is 0 Å². The Kier molecular flexibility index (Phi) is 4.26. The highest BCUT2D eigenvalue weighted by Crippen LogP contribution is 2.52. The van der Waals surface area contributed by atoms with Crippen LogP contribution in [0.3, 0.4) is 0 Å². The van der Waals surface area contributed by atoms with Gasteiger partial charge in [0.15, 0.2) is 0 Å². The highest BCUT2D eigenvalue weighted by atomic mass is 30.2. The van der Waals surface area contributed by atoms with Crippen LogP contribution in [-0.4, -0.2) is 42.7 Å². The average Bonchev–Trinajstić information content (AvgIpc) is 2.24. The van der Waals surface area contributed by atoms with E-state index in [0.717, 1.165) is 0 Å². The Bertz CT molecular complexity index is 351. The van der Waals surface area contributed by atoms with E-state index in [-0.39, 0.29) is 0 Å². The first-order chi connectivity index (χ1) is 8.06. The van der Waals surface area contributed by atoms with Gasteiger partial charge in [0.1, 0.15) is 0 Å². The van der Waals surface area contributed by atoms with Crippen LogP contribution in [0.1, 0.15) is 6.92 Å². The lowest BCUT2D eigenvalue weighted by Crippen LogP contribution is -3.01. The largest absolute Gasteiger partial charge is 0.0735 e. The lowest BCUT2D eigenvalue weighted by Gasteiger charge is -2.73. The number of hydrogen-bond donors (Lipinski definition) is 0. The Morgan fingerprint density at radius 3 is 0.842 bits per heavy atom. The molecule has 0 aromatic carbocycles. The molecule has 0 unspecified atom stereocenters. The first-order valence-electron chi connectivity index (χ1n) is 8.06. The third kappa shape index (κ3) is 1.70. The molecule has 0 atom stereocenters. The van der Waals surface area contributed by atoms with Crippen molar-refractivity contribution in [3.63, 3.8) is 0 Å². The highest BCUT2D eigenvalue weighted by molar-refractivity contribution is 8.13.